The molecule has 0 atom stereocenters. The zero-order chi connectivity index (χ0) is 11.4. The van der Waals surface area contributed by atoms with Crippen molar-refractivity contribution in [3.63, 3.8) is 0 Å². The minimum absolute atomic E-state index is 0.213. The second-order valence-corrected chi connectivity index (χ2v) is 3.38. The van der Waals surface area contributed by atoms with Gasteiger partial charge in [0.25, 0.3) is 5.91 Å². The van der Waals surface area contributed by atoms with Crippen molar-refractivity contribution in [1.29, 1.82) is 0 Å². The third kappa shape index (κ3) is 2.48. The highest BCUT2D eigenvalue weighted by Crippen LogP contribution is 2.03. The molecule has 0 spiro atoms. The fourth-order valence-corrected chi connectivity index (χ4v) is 1.36. The first-order valence-electron chi connectivity index (χ1n) is 4.92. The molecule has 4 heteroatoms. The Morgan fingerprint density at radius 3 is 2.62 bits per heavy atom. The van der Waals surface area contributed by atoms with E-state index in [1.165, 1.54) is 24.3 Å². The molecule has 0 aliphatic carbocycles. The quantitative estimate of drug-likeness (QED) is 0.814. The molecule has 0 aliphatic rings. The predicted molar refractivity (Wildman–Crippen MR) is 58.4 cm³/mol. The molecule has 0 saturated heterocycles. The highest BCUT2D eigenvalue weighted by atomic mass is 19.1. The normalized spacial score (nSPS) is 10.1. The molecule has 0 unspecified atom stereocenters. The van der Waals surface area contributed by atoms with Crippen molar-refractivity contribution in [1.82, 2.24) is 10.3 Å². The van der Waals surface area contributed by atoms with E-state index in [2.05, 4.69) is 10.3 Å². The summed E-state index contributed by atoms with van der Waals surface area (Å²) in [6.45, 7) is 0.434. The molecule has 3 nitrogen and oxygen atoms in total. The van der Waals surface area contributed by atoms with Crippen LogP contribution in [0, 0.1) is 5.82 Å². The second kappa shape index (κ2) is 4.61. The van der Waals surface area contributed by atoms with E-state index in [9.17, 15) is 9.18 Å². The molecule has 2 aromatic rings. The Labute approximate surface area is 92.3 Å². The summed E-state index contributed by atoms with van der Waals surface area (Å²) >= 11 is 0. The first-order valence-corrected chi connectivity index (χ1v) is 4.92. The lowest BCUT2D eigenvalue weighted by atomic mass is 10.2. The summed E-state index contributed by atoms with van der Waals surface area (Å²) in [4.78, 5) is 14.6. The molecular weight excluding hydrogens is 207 g/mol. The fourth-order valence-electron chi connectivity index (χ4n) is 1.36. The van der Waals surface area contributed by atoms with Crippen molar-refractivity contribution in [3.8, 4) is 0 Å². The molecular formula is C12H11FN2O. The second-order valence-electron chi connectivity index (χ2n) is 3.38. The molecule has 2 N–H and O–H groups in total. The average molecular weight is 218 g/mol. The first kappa shape index (κ1) is 10.4. The van der Waals surface area contributed by atoms with E-state index in [1.54, 1.807) is 6.20 Å². The van der Waals surface area contributed by atoms with Crippen LogP contribution in [0.15, 0.2) is 42.6 Å². The standard InChI is InChI=1S/C12H11FN2O/c13-10-5-3-9(4-6-10)12(16)15-8-11-2-1-7-14-11/h1-7,14H,8H2,(H,15,16). The summed E-state index contributed by atoms with van der Waals surface area (Å²) in [6, 6.07) is 9.19. The minimum atomic E-state index is -0.346. The van der Waals surface area contributed by atoms with Crippen LogP contribution in [0.4, 0.5) is 4.39 Å². The lowest BCUT2D eigenvalue weighted by molar-refractivity contribution is 0.0950. The van der Waals surface area contributed by atoms with Crippen molar-refractivity contribution in [2.75, 3.05) is 0 Å². The third-order valence-corrected chi connectivity index (χ3v) is 2.21. The number of H-pyrrole nitrogens is 1. The topological polar surface area (TPSA) is 44.9 Å². The fraction of sp³-hybridized carbons (Fsp3) is 0.0833. The number of benzene rings is 1. The Morgan fingerprint density at radius 1 is 1.25 bits per heavy atom. The van der Waals surface area contributed by atoms with Gasteiger partial charge in [0.2, 0.25) is 0 Å². The Balaban J connectivity index is 1.95. The van der Waals surface area contributed by atoms with Crippen molar-refractivity contribution in [2.24, 2.45) is 0 Å². The van der Waals surface area contributed by atoms with Gasteiger partial charge < -0.3 is 10.3 Å². The maximum absolute atomic E-state index is 12.6. The van der Waals surface area contributed by atoms with Gasteiger partial charge in [0.15, 0.2) is 0 Å². The van der Waals surface area contributed by atoms with Crippen LogP contribution in [0.3, 0.4) is 0 Å². The van der Waals surface area contributed by atoms with E-state index in [1.807, 2.05) is 12.1 Å². The Hall–Kier alpha value is -2.10. The molecule has 2 rings (SSSR count). The van der Waals surface area contributed by atoms with Gasteiger partial charge in [-0.1, -0.05) is 0 Å². The van der Waals surface area contributed by atoms with Crippen LogP contribution >= 0.6 is 0 Å². The first-order chi connectivity index (χ1) is 7.75. The molecule has 16 heavy (non-hydrogen) atoms. The molecule has 1 amide bonds. The lowest BCUT2D eigenvalue weighted by Gasteiger charge is -2.03. The highest BCUT2D eigenvalue weighted by Gasteiger charge is 2.04. The van der Waals surface area contributed by atoms with E-state index in [4.69, 9.17) is 0 Å². The number of carbonyl (C=O) groups is 1. The Morgan fingerprint density at radius 2 is 2.00 bits per heavy atom. The van der Waals surface area contributed by atoms with Crippen molar-refractivity contribution >= 4 is 5.91 Å². The van der Waals surface area contributed by atoms with Crippen molar-refractivity contribution in [2.45, 2.75) is 6.54 Å². The van der Waals surface area contributed by atoms with Gasteiger partial charge >= 0.3 is 0 Å². The molecule has 0 bridgehead atoms. The van der Waals surface area contributed by atoms with Crippen LogP contribution < -0.4 is 5.32 Å². The molecule has 82 valence electrons. The lowest BCUT2D eigenvalue weighted by Crippen LogP contribution is -2.22. The van der Waals surface area contributed by atoms with Crippen molar-refractivity contribution < 1.29 is 9.18 Å². The smallest absolute Gasteiger partial charge is 0.251 e. The summed E-state index contributed by atoms with van der Waals surface area (Å²) in [6.07, 6.45) is 1.79. The van der Waals surface area contributed by atoms with E-state index in [0.717, 1.165) is 5.69 Å². The Bertz CT molecular complexity index is 462. The third-order valence-electron chi connectivity index (χ3n) is 2.21. The maximum atomic E-state index is 12.6. The Kier molecular flexibility index (Phi) is 3.00. The summed E-state index contributed by atoms with van der Waals surface area (Å²) < 4.78 is 12.6. The van der Waals surface area contributed by atoms with Crippen molar-refractivity contribution in [3.05, 3.63) is 59.7 Å². The zero-order valence-electron chi connectivity index (χ0n) is 8.53. The molecule has 0 fully saturated rings. The van der Waals surface area contributed by atoms with Gasteiger partial charge in [-0.15, -0.1) is 0 Å². The molecule has 1 heterocycles. The number of rotatable bonds is 3. The van der Waals surface area contributed by atoms with Gasteiger partial charge in [-0.05, 0) is 36.4 Å². The molecule has 0 aliphatic heterocycles. The van der Waals surface area contributed by atoms with Gasteiger partial charge in [0.1, 0.15) is 5.82 Å². The van der Waals surface area contributed by atoms with Gasteiger partial charge in [-0.3, -0.25) is 4.79 Å². The van der Waals surface area contributed by atoms with Gasteiger partial charge in [0, 0.05) is 17.5 Å². The summed E-state index contributed by atoms with van der Waals surface area (Å²) in [5, 5.41) is 2.73. The number of hydrogen-bond acceptors (Lipinski definition) is 1. The SMILES string of the molecule is O=C(NCc1ccc[nH]1)c1ccc(F)cc1. The summed E-state index contributed by atoms with van der Waals surface area (Å²) in [5.41, 5.74) is 1.38. The van der Waals surface area contributed by atoms with Crippen LogP contribution in [0.1, 0.15) is 16.1 Å². The largest absolute Gasteiger partial charge is 0.364 e. The van der Waals surface area contributed by atoms with Crippen LogP contribution in [-0.4, -0.2) is 10.9 Å². The number of aromatic amines is 1. The number of nitrogens with one attached hydrogen (secondary N) is 2. The average Bonchev–Trinajstić information content (AvgIpc) is 2.80. The summed E-state index contributed by atoms with van der Waals surface area (Å²) in [7, 11) is 0. The number of carbonyl (C=O) groups excluding carboxylic acids is 1. The molecule has 1 aromatic carbocycles. The number of amides is 1. The monoisotopic (exact) mass is 218 g/mol. The van der Waals surface area contributed by atoms with E-state index < -0.39 is 0 Å². The summed E-state index contributed by atoms with van der Waals surface area (Å²) in [5.74, 6) is -0.560. The van der Waals surface area contributed by atoms with E-state index in [0.29, 0.717) is 12.1 Å². The van der Waals surface area contributed by atoms with Crippen LogP contribution in [0.25, 0.3) is 0 Å². The molecule has 1 aromatic heterocycles. The van der Waals surface area contributed by atoms with Gasteiger partial charge in [0.05, 0.1) is 6.54 Å². The number of aromatic nitrogens is 1. The minimum Gasteiger partial charge on any atom is -0.364 e. The molecule has 0 radical (unpaired) electrons. The van der Waals surface area contributed by atoms with Crippen LogP contribution in [0.5, 0.6) is 0 Å². The van der Waals surface area contributed by atoms with Gasteiger partial charge in [-0.25, -0.2) is 4.39 Å². The zero-order valence-corrected chi connectivity index (χ0v) is 8.53. The van der Waals surface area contributed by atoms with Crippen LogP contribution in [-0.2, 0) is 6.54 Å². The number of hydrogen-bond donors (Lipinski definition) is 2. The maximum Gasteiger partial charge on any atom is 0.251 e. The highest BCUT2D eigenvalue weighted by molar-refractivity contribution is 5.94. The predicted octanol–water partition coefficient (Wildman–Crippen LogP) is 2.08. The number of halogens is 1. The van der Waals surface area contributed by atoms with E-state index in [-0.39, 0.29) is 11.7 Å². The van der Waals surface area contributed by atoms with Gasteiger partial charge in [-0.2, -0.15) is 0 Å². The van der Waals surface area contributed by atoms with Crippen LogP contribution in [0.2, 0.25) is 0 Å². The molecule has 0 saturated carbocycles. The van der Waals surface area contributed by atoms with E-state index >= 15 is 0 Å².